The summed E-state index contributed by atoms with van der Waals surface area (Å²) in [5.41, 5.74) is 1.70. The molecule has 0 saturated heterocycles. The molecule has 27 heavy (non-hydrogen) atoms. The zero-order valence-corrected chi connectivity index (χ0v) is 14.8. The Morgan fingerprint density at radius 2 is 1.59 bits per heavy atom. The van der Waals surface area contributed by atoms with Crippen LogP contribution in [0.2, 0.25) is 0 Å². The maximum atomic E-state index is 12.2. The highest BCUT2D eigenvalue weighted by Crippen LogP contribution is 2.20. The standard InChI is InChI=1S/C20H18N2O5/c1-12(19(24)22-16-9-7-15(8-10-16)21-13(2)23)26-20(25)18-11-14-5-3-4-6-17(14)27-18/h3-12H,1-2H3,(H,21,23)(H,22,24)/t12-/m0/s1. The average Bonchev–Trinajstić information content (AvgIpc) is 3.07. The van der Waals surface area contributed by atoms with E-state index in [0.29, 0.717) is 17.0 Å². The Kier molecular flexibility index (Phi) is 5.21. The summed E-state index contributed by atoms with van der Waals surface area (Å²) < 4.78 is 10.6. The third-order valence-corrected chi connectivity index (χ3v) is 3.75. The molecule has 0 spiro atoms. The van der Waals surface area contributed by atoms with Crippen molar-refractivity contribution < 1.29 is 23.5 Å². The predicted molar refractivity (Wildman–Crippen MR) is 100 cm³/mol. The average molecular weight is 366 g/mol. The molecule has 1 atom stereocenters. The molecule has 2 amide bonds. The number of fused-ring (bicyclic) bond motifs is 1. The van der Waals surface area contributed by atoms with Crippen LogP contribution in [0.15, 0.2) is 59.0 Å². The lowest BCUT2D eigenvalue weighted by Crippen LogP contribution is -2.29. The molecule has 0 aliphatic carbocycles. The molecule has 3 rings (SSSR count). The first kappa shape index (κ1) is 18.2. The van der Waals surface area contributed by atoms with Gasteiger partial charge in [0, 0.05) is 23.7 Å². The number of nitrogens with one attached hydrogen (secondary N) is 2. The van der Waals surface area contributed by atoms with Gasteiger partial charge in [-0.2, -0.15) is 0 Å². The molecule has 0 unspecified atom stereocenters. The van der Waals surface area contributed by atoms with Crippen molar-refractivity contribution in [2.75, 3.05) is 10.6 Å². The molecular weight excluding hydrogens is 348 g/mol. The van der Waals surface area contributed by atoms with Crippen molar-refractivity contribution in [1.29, 1.82) is 0 Å². The van der Waals surface area contributed by atoms with Gasteiger partial charge in [0.2, 0.25) is 11.7 Å². The molecule has 0 aliphatic heterocycles. The Morgan fingerprint density at radius 1 is 0.963 bits per heavy atom. The number of amides is 2. The van der Waals surface area contributed by atoms with Crippen molar-refractivity contribution in [2.24, 2.45) is 0 Å². The fourth-order valence-corrected chi connectivity index (χ4v) is 2.44. The van der Waals surface area contributed by atoms with Crippen LogP contribution < -0.4 is 10.6 Å². The fraction of sp³-hybridized carbons (Fsp3) is 0.150. The number of para-hydroxylation sites is 1. The van der Waals surface area contributed by atoms with E-state index < -0.39 is 18.0 Å². The highest BCUT2D eigenvalue weighted by atomic mass is 16.6. The monoisotopic (exact) mass is 366 g/mol. The van der Waals surface area contributed by atoms with Gasteiger partial charge in [0.1, 0.15) is 5.58 Å². The Morgan fingerprint density at radius 3 is 2.22 bits per heavy atom. The van der Waals surface area contributed by atoms with Crippen molar-refractivity contribution in [3.63, 3.8) is 0 Å². The van der Waals surface area contributed by atoms with Gasteiger partial charge in [-0.25, -0.2) is 4.79 Å². The van der Waals surface area contributed by atoms with Crippen LogP contribution in [0.25, 0.3) is 11.0 Å². The summed E-state index contributed by atoms with van der Waals surface area (Å²) in [5, 5.41) is 6.06. The normalized spacial score (nSPS) is 11.6. The van der Waals surface area contributed by atoms with E-state index in [0.717, 1.165) is 5.39 Å². The minimum Gasteiger partial charge on any atom is -0.449 e. The fourth-order valence-electron chi connectivity index (χ4n) is 2.44. The summed E-state index contributed by atoms with van der Waals surface area (Å²) in [6, 6.07) is 15.3. The van der Waals surface area contributed by atoms with E-state index in [2.05, 4.69) is 10.6 Å². The van der Waals surface area contributed by atoms with Crippen LogP contribution in [0.4, 0.5) is 11.4 Å². The van der Waals surface area contributed by atoms with Crippen LogP contribution in [0.5, 0.6) is 0 Å². The number of hydrogen-bond acceptors (Lipinski definition) is 5. The van der Waals surface area contributed by atoms with Gasteiger partial charge in [0.05, 0.1) is 0 Å². The first-order valence-electron chi connectivity index (χ1n) is 8.30. The summed E-state index contributed by atoms with van der Waals surface area (Å²) >= 11 is 0. The number of carbonyl (C=O) groups excluding carboxylic acids is 3. The highest BCUT2D eigenvalue weighted by Gasteiger charge is 2.21. The van der Waals surface area contributed by atoms with Gasteiger partial charge in [0.25, 0.3) is 5.91 Å². The van der Waals surface area contributed by atoms with E-state index in [1.165, 1.54) is 13.8 Å². The topological polar surface area (TPSA) is 97.6 Å². The molecular formula is C20H18N2O5. The first-order valence-corrected chi connectivity index (χ1v) is 8.30. The van der Waals surface area contributed by atoms with Crippen molar-refractivity contribution in [1.82, 2.24) is 0 Å². The van der Waals surface area contributed by atoms with Crippen LogP contribution in [0, 0.1) is 0 Å². The number of hydrogen-bond donors (Lipinski definition) is 2. The number of rotatable bonds is 5. The number of benzene rings is 2. The molecule has 2 N–H and O–H groups in total. The van der Waals surface area contributed by atoms with Crippen LogP contribution >= 0.6 is 0 Å². The van der Waals surface area contributed by atoms with Crippen molar-refractivity contribution in [2.45, 2.75) is 20.0 Å². The maximum absolute atomic E-state index is 12.2. The maximum Gasteiger partial charge on any atom is 0.375 e. The van der Waals surface area contributed by atoms with E-state index in [1.807, 2.05) is 12.1 Å². The zero-order chi connectivity index (χ0) is 19.4. The zero-order valence-electron chi connectivity index (χ0n) is 14.8. The predicted octanol–water partition coefficient (Wildman–Crippen LogP) is 3.58. The third-order valence-electron chi connectivity index (χ3n) is 3.75. The lowest BCUT2D eigenvalue weighted by molar-refractivity contribution is -0.123. The smallest absolute Gasteiger partial charge is 0.375 e. The molecule has 0 fully saturated rings. The molecule has 7 heteroatoms. The molecule has 0 bridgehead atoms. The molecule has 0 radical (unpaired) electrons. The number of esters is 1. The summed E-state index contributed by atoms with van der Waals surface area (Å²) in [7, 11) is 0. The van der Waals surface area contributed by atoms with Crippen LogP contribution in [0.3, 0.4) is 0 Å². The van der Waals surface area contributed by atoms with Crippen molar-refractivity contribution in [3.8, 4) is 0 Å². The number of furan rings is 1. The molecule has 0 aliphatic rings. The number of carbonyl (C=O) groups is 3. The van der Waals surface area contributed by atoms with Crippen LogP contribution in [-0.4, -0.2) is 23.9 Å². The Labute approximate surface area is 155 Å². The molecule has 3 aromatic rings. The minimum atomic E-state index is -1.01. The highest BCUT2D eigenvalue weighted by molar-refractivity contribution is 5.98. The SMILES string of the molecule is CC(=O)Nc1ccc(NC(=O)[C@H](C)OC(=O)c2cc3ccccc3o2)cc1. The van der Waals surface area contributed by atoms with Gasteiger partial charge in [-0.3, -0.25) is 9.59 Å². The number of ether oxygens (including phenoxy) is 1. The first-order chi connectivity index (χ1) is 12.9. The van der Waals surface area contributed by atoms with Gasteiger partial charge in [-0.1, -0.05) is 18.2 Å². The number of anilines is 2. The summed E-state index contributed by atoms with van der Waals surface area (Å²) in [4.78, 5) is 35.4. The van der Waals surface area contributed by atoms with Gasteiger partial charge < -0.3 is 19.8 Å². The summed E-state index contributed by atoms with van der Waals surface area (Å²) in [6.45, 7) is 2.88. The van der Waals surface area contributed by atoms with Gasteiger partial charge >= 0.3 is 5.97 Å². The molecule has 7 nitrogen and oxygen atoms in total. The second-order valence-corrected chi connectivity index (χ2v) is 5.94. The largest absolute Gasteiger partial charge is 0.449 e. The molecule has 0 saturated carbocycles. The van der Waals surface area contributed by atoms with Gasteiger partial charge in [-0.15, -0.1) is 0 Å². The molecule has 138 valence electrons. The quantitative estimate of drug-likeness (QED) is 0.673. The second kappa shape index (κ2) is 7.74. The Bertz CT molecular complexity index is 958. The Balaban J connectivity index is 1.59. The third kappa shape index (κ3) is 4.52. The van der Waals surface area contributed by atoms with E-state index in [1.54, 1.807) is 42.5 Å². The van der Waals surface area contributed by atoms with Crippen molar-refractivity contribution >= 4 is 40.1 Å². The lowest BCUT2D eigenvalue weighted by atomic mass is 10.2. The van der Waals surface area contributed by atoms with Crippen LogP contribution in [-0.2, 0) is 14.3 Å². The van der Waals surface area contributed by atoms with Crippen molar-refractivity contribution in [3.05, 3.63) is 60.4 Å². The van der Waals surface area contributed by atoms with E-state index in [9.17, 15) is 14.4 Å². The molecule has 2 aromatic carbocycles. The summed E-state index contributed by atoms with van der Waals surface area (Å²) in [5.74, 6) is -1.34. The van der Waals surface area contributed by atoms with Gasteiger partial charge in [0.15, 0.2) is 6.10 Å². The lowest BCUT2D eigenvalue weighted by Gasteiger charge is -2.13. The molecule has 1 heterocycles. The van der Waals surface area contributed by atoms with E-state index in [4.69, 9.17) is 9.15 Å². The Hall–Kier alpha value is -3.61. The van der Waals surface area contributed by atoms with E-state index >= 15 is 0 Å². The van der Waals surface area contributed by atoms with Gasteiger partial charge in [-0.05, 0) is 43.3 Å². The second-order valence-electron chi connectivity index (χ2n) is 5.94. The van der Waals surface area contributed by atoms with E-state index in [-0.39, 0.29) is 11.7 Å². The van der Waals surface area contributed by atoms with Crippen LogP contribution in [0.1, 0.15) is 24.4 Å². The molecule has 1 aromatic heterocycles. The minimum absolute atomic E-state index is 0.0375. The summed E-state index contributed by atoms with van der Waals surface area (Å²) in [6.07, 6.45) is -1.01.